The Labute approximate surface area is 118 Å². The van der Waals surface area contributed by atoms with Gasteiger partial charge in [0, 0.05) is 18.4 Å². The van der Waals surface area contributed by atoms with Crippen LogP contribution in [0.4, 0.5) is 5.69 Å². The molecule has 1 aromatic carbocycles. The Balaban J connectivity index is 2.23. The minimum absolute atomic E-state index is 0.0298. The Morgan fingerprint density at radius 2 is 2.00 bits per heavy atom. The van der Waals surface area contributed by atoms with Gasteiger partial charge in [0.1, 0.15) is 6.54 Å². The van der Waals surface area contributed by atoms with Crippen molar-refractivity contribution in [2.75, 3.05) is 11.4 Å². The van der Waals surface area contributed by atoms with Crippen molar-refractivity contribution in [1.82, 2.24) is 9.78 Å². The van der Waals surface area contributed by atoms with Gasteiger partial charge in [0.25, 0.3) is 0 Å². The van der Waals surface area contributed by atoms with E-state index in [-0.39, 0.29) is 6.54 Å². The number of anilines is 1. The Morgan fingerprint density at radius 3 is 2.60 bits per heavy atom. The molecule has 1 heterocycles. The van der Waals surface area contributed by atoms with Crippen molar-refractivity contribution in [3.05, 3.63) is 47.8 Å². The second-order valence-electron chi connectivity index (χ2n) is 4.72. The van der Waals surface area contributed by atoms with Gasteiger partial charge in [-0.25, -0.2) is 0 Å². The number of carbonyl (C=O) groups is 1. The van der Waals surface area contributed by atoms with Crippen LogP contribution < -0.4 is 4.90 Å². The number of rotatable bonds is 6. The number of nitrogens with zero attached hydrogens (tertiary/aromatic N) is 3. The summed E-state index contributed by atoms with van der Waals surface area (Å²) in [4.78, 5) is 12.9. The summed E-state index contributed by atoms with van der Waals surface area (Å²) in [6.07, 6.45) is 1.74. The SMILES string of the molecule is CCn1nccc1CN(CC(=O)O)c1ccc(C)cc1. The third-order valence-corrected chi connectivity index (χ3v) is 3.18. The quantitative estimate of drug-likeness (QED) is 0.877. The van der Waals surface area contributed by atoms with E-state index in [0.717, 1.165) is 23.5 Å². The molecule has 0 amide bonds. The van der Waals surface area contributed by atoms with Crippen LogP contribution in [0.25, 0.3) is 0 Å². The first-order valence-electron chi connectivity index (χ1n) is 6.64. The molecular weight excluding hydrogens is 254 g/mol. The number of aliphatic carboxylic acids is 1. The first-order valence-corrected chi connectivity index (χ1v) is 6.64. The molecular formula is C15H19N3O2. The van der Waals surface area contributed by atoms with Crippen molar-refractivity contribution < 1.29 is 9.90 Å². The van der Waals surface area contributed by atoms with Gasteiger partial charge in [0.2, 0.25) is 0 Å². The number of carboxylic acid groups (broad SMARTS) is 1. The number of carboxylic acids is 1. The molecule has 0 fully saturated rings. The van der Waals surface area contributed by atoms with Gasteiger partial charge in [0.05, 0.1) is 12.2 Å². The molecule has 0 aliphatic heterocycles. The molecule has 0 atom stereocenters. The van der Waals surface area contributed by atoms with E-state index in [4.69, 9.17) is 5.11 Å². The molecule has 2 aromatic rings. The van der Waals surface area contributed by atoms with Crippen LogP contribution in [0.5, 0.6) is 0 Å². The summed E-state index contributed by atoms with van der Waals surface area (Å²) in [6, 6.07) is 9.80. The topological polar surface area (TPSA) is 58.4 Å². The van der Waals surface area contributed by atoms with Gasteiger partial charge in [-0.15, -0.1) is 0 Å². The number of hydrogen-bond acceptors (Lipinski definition) is 3. The molecule has 106 valence electrons. The van der Waals surface area contributed by atoms with Crippen LogP contribution in [0.1, 0.15) is 18.2 Å². The van der Waals surface area contributed by atoms with Crippen LogP contribution in [-0.4, -0.2) is 27.4 Å². The summed E-state index contributed by atoms with van der Waals surface area (Å²) in [5, 5.41) is 13.3. The Morgan fingerprint density at radius 1 is 1.30 bits per heavy atom. The zero-order valence-corrected chi connectivity index (χ0v) is 11.8. The van der Waals surface area contributed by atoms with E-state index in [9.17, 15) is 4.79 Å². The van der Waals surface area contributed by atoms with E-state index >= 15 is 0 Å². The van der Waals surface area contributed by atoms with E-state index in [1.54, 1.807) is 6.20 Å². The normalized spacial score (nSPS) is 10.5. The smallest absolute Gasteiger partial charge is 0.323 e. The molecule has 1 aromatic heterocycles. The Kier molecular flexibility index (Phi) is 4.40. The third kappa shape index (κ3) is 3.38. The Hall–Kier alpha value is -2.30. The number of benzene rings is 1. The zero-order chi connectivity index (χ0) is 14.5. The summed E-state index contributed by atoms with van der Waals surface area (Å²) in [5.74, 6) is -0.840. The lowest BCUT2D eigenvalue weighted by Gasteiger charge is -2.23. The van der Waals surface area contributed by atoms with Gasteiger partial charge >= 0.3 is 5.97 Å². The largest absolute Gasteiger partial charge is 0.480 e. The van der Waals surface area contributed by atoms with Crippen molar-refractivity contribution in [2.24, 2.45) is 0 Å². The molecule has 0 unspecified atom stereocenters. The molecule has 0 aliphatic carbocycles. The summed E-state index contributed by atoms with van der Waals surface area (Å²) in [6.45, 7) is 5.31. The van der Waals surface area contributed by atoms with Crippen molar-refractivity contribution in [3.8, 4) is 0 Å². The molecule has 0 saturated carbocycles. The van der Waals surface area contributed by atoms with E-state index < -0.39 is 5.97 Å². The minimum atomic E-state index is -0.840. The average molecular weight is 273 g/mol. The number of aromatic nitrogens is 2. The van der Waals surface area contributed by atoms with Crippen molar-refractivity contribution in [1.29, 1.82) is 0 Å². The molecule has 0 spiro atoms. The molecule has 0 saturated heterocycles. The summed E-state index contributed by atoms with van der Waals surface area (Å²) >= 11 is 0. The van der Waals surface area contributed by atoms with Gasteiger partial charge in [-0.05, 0) is 32.0 Å². The van der Waals surface area contributed by atoms with Crippen LogP contribution in [0.2, 0.25) is 0 Å². The average Bonchev–Trinajstić information content (AvgIpc) is 2.85. The van der Waals surface area contributed by atoms with E-state index in [0.29, 0.717) is 6.54 Å². The second kappa shape index (κ2) is 6.23. The highest BCUT2D eigenvalue weighted by Gasteiger charge is 2.13. The molecule has 20 heavy (non-hydrogen) atoms. The maximum absolute atomic E-state index is 11.1. The maximum Gasteiger partial charge on any atom is 0.323 e. The lowest BCUT2D eigenvalue weighted by atomic mass is 10.2. The molecule has 2 rings (SSSR count). The molecule has 1 N–H and O–H groups in total. The molecule has 5 nitrogen and oxygen atoms in total. The lowest BCUT2D eigenvalue weighted by molar-refractivity contribution is -0.135. The highest BCUT2D eigenvalue weighted by molar-refractivity contribution is 5.73. The monoisotopic (exact) mass is 273 g/mol. The fourth-order valence-corrected chi connectivity index (χ4v) is 2.13. The molecule has 5 heteroatoms. The maximum atomic E-state index is 11.1. The van der Waals surface area contributed by atoms with E-state index in [2.05, 4.69) is 5.10 Å². The highest BCUT2D eigenvalue weighted by Crippen LogP contribution is 2.17. The van der Waals surface area contributed by atoms with Gasteiger partial charge in [0.15, 0.2) is 0 Å². The first kappa shape index (κ1) is 14.1. The number of hydrogen-bond donors (Lipinski definition) is 1. The van der Waals surface area contributed by atoms with Crippen molar-refractivity contribution in [2.45, 2.75) is 26.9 Å². The van der Waals surface area contributed by atoms with Crippen LogP contribution >= 0.6 is 0 Å². The Bertz CT molecular complexity index is 575. The zero-order valence-electron chi connectivity index (χ0n) is 11.8. The van der Waals surface area contributed by atoms with Gasteiger partial charge in [-0.3, -0.25) is 9.48 Å². The van der Waals surface area contributed by atoms with Crippen LogP contribution in [0.3, 0.4) is 0 Å². The number of aryl methyl sites for hydroxylation is 2. The van der Waals surface area contributed by atoms with Crippen molar-refractivity contribution in [3.63, 3.8) is 0 Å². The van der Waals surface area contributed by atoms with Gasteiger partial charge < -0.3 is 10.0 Å². The first-order chi connectivity index (χ1) is 9.60. The van der Waals surface area contributed by atoms with Crippen LogP contribution in [0, 0.1) is 6.92 Å². The lowest BCUT2D eigenvalue weighted by Crippen LogP contribution is -2.30. The standard InChI is InChI=1S/C15H19N3O2/c1-3-18-14(8-9-16-18)10-17(11-15(19)20)13-6-4-12(2)5-7-13/h4-9H,3,10-11H2,1-2H3,(H,19,20). The van der Waals surface area contributed by atoms with E-state index in [1.165, 1.54) is 0 Å². The van der Waals surface area contributed by atoms with Gasteiger partial charge in [-0.2, -0.15) is 5.10 Å². The third-order valence-electron chi connectivity index (χ3n) is 3.18. The van der Waals surface area contributed by atoms with E-state index in [1.807, 2.05) is 53.8 Å². The fraction of sp³-hybridized carbons (Fsp3) is 0.333. The second-order valence-corrected chi connectivity index (χ2v) is 4.72. The molecule has 0 aliphatic rings. The molecule has 0 bridgehead atoms. The van der Waals surface area contributed by atoms with Crippen LogP contribution in [0.15, 0.2) is 36.5 Å². The van der Waals surface area contributed by atoms with Crippen molar-refractivity contribution >= 4 is 11.7 Å². The predicted octanol–water partition coefficient (Wildman–Crippen LogP) is 2.30. The summed E-state index contributed by atoms with van der Waals surface area (Å²) < 4.78 is 1.88. The fourth-order valence-electron chi connectivity index (χ4n) is 2.13. The predicted molar refractivity (Wildman–Crippen MR) is 77.8 cm³/mol. The van der Waals surface area contributed by atoms with Gasteiger partial charge in [-0.1, -0.05) is 17.7 Å². The summed E-state index contributed by atoms with van der Waals surface area (Å²) in [5.41, 5.74) is 3.07. The summed E-state index contributed by atoms with van der Waals surface area (Å²) in [7, 11) is 0. The highest BCUT2D eigenvalue weighted by atomic mass is 16.4. The minimum Gasteiger partial charge on any atom is -0.480 e. The molecule has 0 radical (unpaired) electrons. The van der Waals surface area contributed by atoms with Crippen LogP contribution in [-0.2, 0) is 17.9 Å².